The molecule has 0 bridgehead atoms. The molecule has 0 amide bonds. The van der Waals surface area contributed by atoms with Crippen LogP contribution in [0.25, 0.3) is 10.2 Å². The van der Waals surface area contributed by atoms with Crippen LogP contribution in [0, 0.1) is 0 Å². The predicted molar refractivity (Wildman–Crippen MR) is 85.4 cm³/mol. The Morgan fingerprint density at radius 3 is 2.59 bits per heavy atom. The summed E-state index contributed by atoms with van der Waals surface area (Å²) in [4.78, 5) is 17.3. The number of aryl methyl sites for hydroxylation is 2. The highest BCUT2D eigenvalue weighted by Crippen LogP contribution is 2.14. The highest BCUT2D eigenvalue weighted by Gasteiger charge is 2.08. The van der Waals surface area contributed by atoms with Crippen LogP contribution >= 0.6 is 11.3 Å². The third-order valence-electron chi connectivity index (χ3n) is 3.34. The molecule has 0 atom stereocenters. The van der Waals surface area contributed by atoms with Gasteiger partial charge in [0.2, 0.25) is 10.0 Å². The Balaban J connectivity index is 1.79. The van der Waals surface area contributed by atoms with Crippen LogP contribution in [0.4, 0.5) is 0 Å². The van der Waals surface area contributed by atoms with E-state index in [4.69, 9.17) is 5.14 Å². The molecule has 114 valence electrons. The number of primary sulfonamides is 1. The van der Waals surface area contributed by atoms with E-state index in [1.54, 1.807) is 29.1 Å². The molecular weight excluding hydrogens is 322 g/mol. The van der Waals surface area contributed by atoms with E-state index in [0.29, 0.717) is 18.4 Å². The molecule has 0 aliphatic heterocycles. The lowest BCUT2D eigenvalue weighted by Gasteiger charge is -2.06. The number of aromatic nitrogens is 2. The number of sulfonamides is 1. The number of benzene rings is 1. The number of hydrogen-bond acceptors (Lipinski definition) is 5. The fraction of sp³-hybridized carbons (Fsp3) is 0.143. The quantitative estimate of drug-likeness (QED) is 0.778. The predicted octanol–water partition coefficient (Wildman–Crippen LogP) is 1.35. The largest absolute Gasteiger partial charge is 0.298 e. The second-order valence-electron chi connectivity index (χ2n) is 4.82. The van der Waals surface area contributed by atoms with Crippen molar-refractivity contribution < 1.29 is 8.42 Å². The summed E-state index contributed by atoms with van der Waals surface area (Å²) in [5.41, 5.74) is 0.858. The summed E-state index contributed by atoms with van der Waals surface area (Å²) in [6.07, 6.45) is 2.14. The van der Waals surface area contributed by atoms with Gasteiger partial charge in [-0.05, 0) is 35.6 Å². The van der Waals surface area contributed by atoms with E-state index in [1.165, 1.54) is 23.5 Å². The topological polar surface area (TPSA) is 95.1 Å². The highest BCUT2D eigenvalue weighted by molar-refractivity contribution is 7.89. The number of fused-ring (bicyclic) bond motifs is 1. The van der Waals surface area contributed by atoms with E-state index in [9.17, 15) is 13.2 Å². The number of hydrogen-bond donors (Lipinski definition) is 1. The van der Waals surface area contributed by atoms with Gasteiger partial charge in [-0.15, -0.1) is 11.3 Å². The summed E-state index contributed by atoms with van der Waals surface area (Å²) in [5.74, 6) is 0. The van der Waals surface area contributed by atoms with E-state index in [-0.39, 0.29) is 10.5 Å². The van der Waals surface area contributed by atoms with Gasteiger partial charge in [0.25, 0.3) is 5.56 Å². The van der Waals surface area contributed by atoms with Gasteiger partial charge in [0.05, 0.1) is 16.6 Å². The van der Waals surface area contributed by atoms with Gasteiger partial charge in [0.15, 0.2) is 0 Å². The molecule has 0 saturated heterocycles. The normalized spacial score (nSPS) is 11.9. The Bertz CT molecular complexity index is 972. The standard InChI is InChI=1S/C14H13N3O3S2/c15-22(19,20)11-3-1-10(2-4-11)5-7-17-9-16-13-12(14(17)18)6-8-21-13/h1-4,6,8-9H,5,7H2,(H2,15,19,20). The van der Waals surface area contributed by atoms with Crippen molar-refractivity contribution in [3.8, 4) is 0 Å². The maximum absolute atomic E-state index is 12.2. The zero-order chi connectivity index (χ0) is 15.7. The summed E-state index contributed by atoms with van der Waals surface area (Å²) in [6.45, 7) is 0.479. The fourth-order valence-electron chi connectivity index (χ4n) is 2.15. The molecule has 0 aliphatic carbocycles. The van der Waals surface area contributed by atoms with Crippen LogP contribution in [0.15, 0.2) is 51.7 Å². The SMILES string of the molecule is NS(=O)(=O)c1ccc(CCn2cnc3sccc3c2=O)cc1. The molecule has 0 saturated carbocycles. The second-order valence-corrected chi connectivity index (χ2v) is 7.28. The van der Waals surface area contributed by atoms with Crippen LogP contribution in [0.3, 0.4) is 0 Å². The van der Waals surface area contributed by atoms with Gasteiger partial charge in [-0.2, -0.15) is 0 Å². The van der Waals surface area contributed by atoms with E-state index in [2.05, 4.69) is 4.98 Å². The van der Waals surface area contributed by atoms with Crippen LogP contribution in [0.2, 0.25) is 0 Å². The maximum Gasteiger partial charge on any atom is 0.262 e. The summed E-state index contributed by atoms with van der Waals surface area (Å²) in [5, 5.41) is 7.52. The van der Waals surface area contributed by atoms with Gasteiger partial charge in [0, 0.05) is 6.54 Å². The molecule has 0 fully saturated rings. The number of rotatable bonds is 4. The fourth-order valence-corrected chi connectivity index (χ4v) is 3.39. The minimum absolute atomic E-state index is 0.0626. The van der Waals surface area contributed by atoms with Gasteiger partial charge in [-0.3, -0.25) is 9.36 Å². The lowest BCUT2D eigenvalue weighted by molar-refractivity contribution is 0.597. The van der Waals surface area contributed by atoms with Gasteiger partial charge in [-0.1, -0.05) is 12.1 Å². The van der Waals surface area contributed by atoms with E-state index in [1.807, 2.05) is 5.38 Å². The highest BCUT2D eigenvalue weighted by atomic mass is 32.2. The molecule has 2 N–H and O–H groups in total. The van der Waals surface area contributed by atoms with Crippen molar-refractivity contribution in [3.63, 3.8) is 0 Å². The minimum atomic E-state index is -3.68. The molecular formula is C14H13N3O3S2. The summed E-state index contributed by atoms with van der Waals surface area (Å²) in [6, 6.07) is 8.09. The zero-order valence-corrected chi connectivity index (χ0v) is 13.1. The molecule has 0 unspecified atom stereocenters. The van der Waals surface area contributed by atoms with Crippen LogP contribution in [0.1, 0.15) is 5.56 Å². The monoisotopic (exact) mass is 335 g/mol. The van der Waals surface area contributed by atoms with Crippen LogP contribution < -0.4 is 10.7 Å². The van der Waals surface area contributed by atoms with Crippen molar-refractivity contribution >= 4 is 31.6 Å². The lowest BCUT2D eigenvalue weighted by atomic mass is 10.1. The molecule has 22 heavy (non-hydrogen) atoms. The summed E-state index contributed by atoms with van der Waals surface area (Å²) in [7, 11) is -3.68. The van der Waals surface area contributed by atoms with E-state index >= 15 is 0 Å². The minimum Gasteiger partial charge on any atom is -0.298 e. The van der Waals surface area contributed by atoms with Crippen LogP contribution in [-0.4, -0.2) is 18.0 Å². The average Bonchev–Trinajstić information content (AvgIpc) is 2.95. The first-order valence-corrected chi connectivity index (χ1v) is 8.92. The molecule has 2 heterocycles. The lowest BCUT2D eigenvalue weighted by Crippen LogP contribution is -2.21. The molecule has 3 aromatic rings. The molecule has 0 radical (unpaired) electrons. The van der Waals surface area contributed by atoms with Crippen molar-refractivity contribution in [2.24, 2.45) is 5.14 Å². The molecule has 2 aromatic heterocycles. The number of nitrogens with two attached hydrogens (primary N) is 1. The molecule has 0 aliphatic rings. The Kier molecular flexibility index (Phi) is 3.81. The van der Waals surface area contributed by atoms with Crippen LogP contribution in [0.5, 0.6) is 0 Å². The second kappa shape index (κ2) is 5.64. The number of thiophene rings is 1. The first-order chi connectivity index (χ1) is 10.4. The van der Waals surface area contributed by atoms with Crippen molar-refractivity contribution in [2.75, 3.05) is 0 Å². The van der Waals surface area contributed by atoms with E-state index in [0.717, 1.165) is 10.4 Å². The molecule has 3 rings (SSSR count). The zero-order valence-electron chi connectivity index (χ0n) is 11.5. The van der Waals surface area contributed by atoms with Crippen molar-refractivity contribution in [2.45, 2.75) is 17.9 Å². The van der Waals surface area contributed by atoms with Crippen molar-refractivity contribution in [1.82, 2.24) is 9.55 Å². The molecule has 8 heteroatoms. The van der Waals surface area contributed by atoms with E-state index < -0.39 is 10.0 Å². The third-order valence-corrected chi connectivity index (χ3v) is 5.09. The Labute approximate surface area is 130 Å². The van der Waals surface area contributed by atoms with Crippen LogP contribution in [-0.2, 0) is 23.0 Å². The average molecular weight is 335 g/mol. The van der Waals surface area contributed by atoms with Crippen molar-refractivity contribution in [1.29, 1.82) is 0 Å². The Morgan fingerprint density at radius 2 is 1.91 bits per heavy atom. The van der Waals surface area contributed by atoms with Gasteiger partial charge >= 0.3 is 0 Å². The first-order valence-electron chi connectivity index (χ1n) is 6.49. The smallest absolute Gasteiger partial charge is 0.262 e. The van der Waals surface area contributed by atoms with Gasteiger partial charge in [0.1, 0.15) is 4.83 Å². The maximum atomic E-state index is 12.2. The Morgan fingerprint density at radius 1 is 1.18 bits per heavy atom. The van der Waals surface area contributed by atoms with Gasteiger partial charge < -0.3 is 0 Å². The molecule has 1 aromatic carbocycles. The Hall–Kier alpha value is -2.03. The van der Waals surface area contributed by atoms with Gasteiger partial charge in [-0.25, -0.2) is 18.5 Å². The molecule has 6 nitrogen and oxygen atoms in total. The number of nitrogens with zero attached hydrogens (tertiary/aromatic N) is 2. The summed E-state index contributed by atoms with van der Waals surface area (Å²) >= 11 is 1.44. The molecule has 0 spiro atoms. The first kappa shape index (κ1) is 14.9. The third kappa shape index (κ3) is 2.94. The summed E-state index contributed by atoms with van der Waals surface area (Å²) < 4.78 is 23.9. The van der Waals surface area contributed by atoms with Crippen molar-refractivity contribution in [3.05, 3.63) is 58.0 Å².